The van der Waals surface area contributed by atoms with Gasteiger partial charge >= 0.3 is 12.0 Å². The average molecular weight is 252 g/mol. The number of nitrogen functional groups attached to an aromatic ring is 1. The maximum absolute atomic E-state index is 5.77. The molecule has 0 amide bonds. The van der Waals surface area contributed by atoms with E-state index >= 15 is 0 Å². The van der Waals surface area contributed by atoms with Crippen LogP contribution in [0.5, 0.6) is 12.0 Å². The van der Waals surface area contributed by atoms with Crippen LogP contribution in [0.25, 0.3) is 0 Å². The number of nitrogens with zero attached hydrogens (tertiary/aromatic N) is 3. The number of rotatable bonds is 4. The van der Waals surface area contributed by atoms with Crippen LogP contribution in [-0.2, 0) is 0 Å². The predicted molar refractivity (Wildman–Crippen MR) is 67.5 cm³/mol. The van der Waals surface area contributed by atoms with Gasteiger partial charge in [0.15, 0.2) is 0 Å². The van der Waals surface area contributed by atoms with Gasteiger partial charge in [-0.1, -0.05) is 13.3 Å². The maximum atomic E-state index is 5.77. The quantitative estimate of drug-likeness (QED) is 0.879. The molecule has 1 aliphatic rings. The summed E-state index contributed by atoms with van der Waals surface area (Å²) >= 11 is 0. The largest absolute Gasteiger partial charge is 0.464 e. The molecule has 1 fully saturated rings. The third-order valence-corrected chi connectivity index (χ3v) is 3.05. The van der Waals surface area contributed by atoms with E-state index < -0.39 is 0 Å². The van der Waals surface area contributed by atoms with Crippen LogP contribution in [-0.4, -0.2) is 27.7 Å². The summed E-state index contributed by atoms with van der Waals surface area (Å²) in [5, 5.41) is 0. The second-order valence-corrected chi connectivity index (χ2v) is 4.70. The van der Waals surface area contributed by atoms with Gasteiger partial charge in [-0.05, 0) is 32.1 Å². The van der Waals surface area contributed by atoms with Gasteiger partial charge in [-0.2, -0.15) is 9.97 Å². The zero-order valence-electron chi connectivity index (χ0n) is 10.9. The van der Waals surface area contributed by atoms with Crippen molar-refractivity contribution in [2.24, 2.45) is 5.92 Å². The molecule has 1 aromatic rings. The minimum absolute atomic E-state index is 0.132. The van der Waals surface area contributed by atoms with Crippen molar-refractivity contribution in [1.29, 1.82) is 0 Å². The Kier molecular flexibility index (Phi) is 4.17. The van der Waals surface area contributed by atoms with Crippen molar-refractivity contribution in [3.05, 3.63) is 0 Å². The van der Waals surface area contributed by atoms with Crippen LogP contribution in [0.15, 0.2) is 0 Å². The third-order valence-electron chi connectivity index (χ3n) is 3.05. The Balaban J connectivity index is 2.03. The van der Waals surface area contributed by atoms with Gasteiger partial charge in [0.2, 0.25) is 5.95 Å². The Bertz CT molecular complexity index is 400. The predicted octanol–water partition coefficient (Wildman–Crippen LogP) is 1.81. The number of ether oxygens (including phenoxy) is 2. The van der Waals surface area contributed by atoms with Gasteiger partial charge in [0.1, 0.15) is 6.10 Å². The molecule has 2 atom stereocenters. The van der Waals surface area contributed by atoms with Crippen LogP contribution >= 0.6 is 0 Å². The van der Waals surface area contributed by atoms with E-state index in [0.29, 0.717) is 12.5 Å². The minimum atomic E-state index is 0.132. The normalized spacial score (nSPS) is 23.7. The molecule has 100 valence electrons. The lowest BCUT2D eigenvalue weighted by atomic mass is 9.89. The Morgan fingerprint density at radius 3 is 2.72 bits per heavy atom. The first-order valence-electron chi connectivity index (χ1n) is 6.48. The van der Waals surface area contributed by atoms with Gasteiger partial charge in [0.05, 0.1) is 6.61 Å². The smallest absolute Gasteiger partial charge is 0.324 e. The van der Waals surface area contributed by atoms with E-state index in [1.54, 1.807) is 0 Å². The lowest BCUT2D eigenvalue weighted by Crippen LogP contribution is -2.25. The first-order chi connectivity index (χ1) is 8.67. The van der Waals surface area contributed by atoms with Crippen LogP contribution < -0.4 is 15.2 Å². The van der Waals surface area contributed by atoms with Gasteiger partial charge in [-0.15, -0.1) is 4.98 Å². The molecule has 2 unspecified atom stereocenters. The van der Waals surface area contributed by atoms with E-state index in [1.165, 1.54) is 12.8 Å². The van der Waals surface area contributed by atoms with E-state index in [4.69, 9.17) is 15.2 Å². The molecule has 1 aromatic heterocycles. The highest BCUT2D eigenvalue weighted by Gasteiger charge is 2.21. The molecule has 0 aromatic carbocycles. The lowest BCUT2D eigenvalue weighted by Gasteiger charge is -2.26. The third kappa shape index (κ3) is 3.45. The summed E-state index contributed by atoms with van der Waals surface area (Å²) in [7, 11) is 0. The summed E-state index contributed by atoms with van der Waals surface area (Å²) in [5.41, 5.74) is 5.60. The second kappa shape index (κ2) is 5.84. The van der Waals surface area contributed by atoms with Crippen LogP contribution in [0.3, 0.4) is 0 Å². The van der Waals surface area contributed by atoms with Crippen LogP contribution in [0.2, 0.25) is 0 Å². The number of nitrogens with two attached hydrogens (primary N) is 1. The Morgan fingerprint density at radius 1 is 1.22 bits per heavy atom. The van der Waals surface area contributed by atoms with Crippen molar-refractivity contribution < 1.29 is 9.47 Å². The zero-order valence-corrected chi connectivity index (χ0v) is 10.9. The molecule has 0 radical (unpaired) electrons. The van der Waals surface area contributed by atoms with Gasteiger partial charge in [-0.25, -0.2) is 0 Å². The highest BCUT2D eigenvalue weighted by atomic mass is 16.5. The monoisotopic (exact) mass is 252 g/mol. The zero-order chi connectivity index (χ0) is 13.0. The Hall–Kier alpha value is -1.59. The van der Waals surface area contributed by atoms with E-state index in [2.05, 4.69) is 21.9 Å². The fraction of sp³-hybridized carbons (Fsp3) is 0.750. The summed E-state index contributed by atoms with van der Waals surface area (Å²) in [6.07, 6.45) is 4.70. The van der Waals surface area contributed by atoms with Crippen molar-refractivity contribution in [3.63, 3.8) is 0 Å². The standard InChI is InChI=1S/C12H20N4O2/c1-3-17-11-14-10(13)15-12(16-11)18-9-6-4-5-8(2)7-9/h8-9H,3-7H2,1-2H3,(H2,13,14,15,16). The summed E-state index contributed by atoms with van der Waals surface area (Å²) in [6, 6.07) is 0.494. The van der Waals surface area contributed by atoms with E-state index in [9.17, 15) is 0 Å². The molecular formula is C12H20N4O2. The van der Waals surface area contributed by atoms with E-state index in [1.807, 2.05) is 6.92 Å². The van der Waals surface area contributed by atoms with Gasteiger partial charge in [-0.3, -0.25) is 0 Å². The van der Waals surface area contributed by atoms with Crippen LogP contribution in [0.4, 0.5) is 5.95 Å². The fourth-order valence-electron chi connectivity index (χ4n) is 2.23. The summed E-state index contributed by atoms with van der Waals surface area (Å²) in [5.74, 6) is 0.821. The molecule has 6 heteroatoms. The van der Waals surface area contributed by atoms with Crippen molar-refractivity contribution in [2.75, 3.05) is 12.3 Å². The van der Waals surface area contributed by atoms with E-state index in [0.717, 1.165) is 12.8 Å². The van der Waals surface area contributed by atoms with Crippen molar-refractivity contribution in [1.82, 2.24) is 15.0 Å². The first kappa shape index (κ1) is 12.9. The Labute approximate surface area is 107 Å². The number of hydrogen-bond donors (Lipinski definition) is 1. The number of aromatic nitrogens is 3. The fourth-order valence-corrected chi connectivity index (χ4v) is 2.23. The maximum Gasteiger partial charge on any atom is 0.324 e. The van der Waals surface area contributed by atoms with Gasteiger partial charge in [0, 0.05) is 0 Å². The molecule has 0 aliphatic heterocycles. The molecule has 0 spiro atoms. The molecule has 1 heterocycles. The summed E-state index contributed by atoms with van der Waals surface area (Å²) in [6.45, 7) is 4.59. The molecule has 18 heavy (non-hydrogen) atoms. The first-order valence-corrected chi connectivity index (χ1v) is 6.48. The minimum Gasteiger partial charge on any atom is -0.464 e. The van der Waals surface area contributed by atoms with Gasteiger partial charge < -0.3 is 15.2 Å². The molecule has 0 saturated heterocycles. The van der Waals surface area contributed by atoms with Crippen LogP contribution in [0, 0.1) is 5.92 Å². The van der Waals surface area contributed by atoms with E-state index in [-0.39, 0.29) is 24.1 Å². The second-order valence-electron chi connectivity index (χ2n) is 4.70. The highest BCUT2D eigenvalue weighted by Crippen LogP contribution is 2.26. The van der Waals surface area contributed by atoms with Crippen molar-refractivity contribution in [2.45, 2.75) is 45.6 Å². The molecule has 2 rings (SSSR count). The average Bonchev–Trinajstić information content (AvgIpc) is 2.28. The molecule has 0 bridgehead atoms. The van der Waals surface area contributed by atoms with Crippen molar-refractivity contribution >= 4 is 5.95 Å². The molecular weight excluding hydrogens is 232 g/mol. The lowest BCUT2D eigenvalue weighted by molar-refractivity contribution is 0.116. The molecule has 1 saturated carbocycles. The summed E-state index contributed by atoms with van der Waals surface area (Å²) < 4.78 is 11.0. The molecule has 1 aliphatic carbocycles. The van der Waals surface area contributed by atoms with Gasteiger partial charge in [0.25, 0.3) is 0 Å². The SMILES string of the molecule is CCOc1nc(N)nc(OC2CCCC(C)C2)n1. The topological polar surface area (TPSA) is 83.2 Å². The number of hydrogen-bond acceptors (Lipinski definition) is 6. The Morgan fingerprint density at radius 2 is 2.00 bits per heavy atom. The highest BCUT2D eigenvalue weighted by molar-refractivity contribution is 5.20. The van der Waals surface area contributed by atoms with Crippen LogP contribution in [0.1, 0.15) is 39.5 Å². The summed E-state index contributed by atoms with van der Waals surface area (Å²) in [4.78, 5) is 12.0. The molecule has 2 N–H and O–H groups in total. The molecule has 6 nitrogen and oxygen atoms in total. The number of anilines is 1. The van der Waals surface area contributed by atoms with Crippen molar-refractivity contribution in [3.8, 4) is 12.0 Å².